The average Bonchev–Trinajstić information content (AvgIpc) is 3.39. The van der Waals surface area contributed by atoms with Crippen molar-refractivity contribution in [1.29, 1.82) is 0 Å². The molecule has 13 heteroatoms. The molecule has 1 aliphatic carbocycles. The fourth-order valence-electron chi connectivity index (χ4n) is 5.99. The van der Waals surface area contributed by atoms with E-state index >= 15 is 0 Å². The largest absolute Gasteiger partial charge is 0.444 e. The van der Waals surface area contributed by atoms with Crippen molar-refractivity contribution in [2.45, 2.75) is 70.2 Å². The number of nitrogens with zero attached hydrogens (tertiary/aromatic N) is 5. The van der Waals surface area contributed by atoms with Gasteiger partial charge in [0.1, 0.15) is 11.1 Å². The van der Waals surface area contributed by atoms with Gasteiger partial charge in [0.05, 0.1) is 28.2 Å². The Morgan fingerprint density at radius 1 is 1.07 bits per heavy atom. The molecule has 2 saturated heterocycles. The van der Waals surface area contributed by atoms with E-state index in [1.54, 1.807) is 15.8 Å². The molecule has 0 bridgehead atoms. The fourth-order valence-corrected chi connectivity index (χ4v) is 6.22. The Kier molecular flexibility index (Phi) is 8.91. The van der Waals surface area contributed by atoms with Crippen molar-refractivity contribution < 1.29 is 27.5 Å². The van der Waals surface area contributed by atoms with Gasteiger partial charge in [-0.2, -0.15) is 18.3 Å². The van der Waals surface area contributed by atoms with Gasteiger partial charge >= 0.3 is 12.3 Å². The first-order valence-corrected chi connectivity index (χ1v) is 15.3. The Balaban J connectivity index is 1.12. The highest BCUT2D eigenvalue weighted by Gasteiger charge is 2.47. The predicted molar refractivity (Wildman–Crippen MR) is 158 cm³/mol. The number of carbonyl (C=O) groups excluding carboxylic acids is 2. The van der Waals surface area contributed by atoms with Crippen LogP contribution >= 0.6 is 11.6 Å². The van der Waals surface area contributed by atoms with E-state index in [9.17, 15) is 22.8 Å². The monoisotopic (exact) mass is 624 g/mol. The third kappa shape index (κ3) is 7.22. The number of hydrogen-bond acceptors (Lipinski definition) is 6. The number of hydrogen-bond donors (Lipinski definition) is 1. The van der Waals surface area contributed by atoms with Crippen molar-refractivity contribution in [2.75, 3.05) is 56.0 Å². The van der Waals surface area contributed by atoms with Crippen LogP contribution in [0, 0.1) is 5.92 Å². The molecule has 5 rings (SSSR count). The number of nitrogens with one attached hydrogen (secondary N) is 1. The molecule has 0 atom stereocenters. The second-order valence-corrected chi connectivity index (χ2v) is 13.3. The second-order valence-electron chi connectivity index (χ2n) is 12.9. The number of aromatic nitrogens is 2. The Hall–Kier alpha value is -2.99. The number of rotatable bonds is 6. The van der Waals surface area contributed by atoms with Crippen LogP contribution in [0.1, 0.15) is 58.4 Å². The average molecular weight is 625 g/mol. The highest BCUT2D eigenvalue weighted by molar-refractivity contribution is 6.33. The number of anilines is 2. The molecule has 0 radical (unpaired) electrons. The quantitative estimate of drug-likeness (QED) is 0.435. The molecule has 1 saturated carbocycles. The van der Waals surface area contributed by atoms with Gasteiger partial charge in [0.25, 0.3) is 5.91 Å². The molecule has 2 amide bonds. The van der Waals surface area contributed by atoms with Gasteiger partial charge in [0.15, 0.2) is 0 Å². The van der Waals surface area contributed by atoms with E-state index in [2.05, 4.69) is 20.2 Å². The summed E-state index contributed by atoms with van der Waals surface area (Å²) in [6, 6.07) is 2.92. The lowest BCUT2D eigenvalue weighted by molar-refractivity contribution is -0.137. The first kappa shape index (κ1) is 31.4. The van der Waals surface area contributed by atoms with Crippen LogP contribution in [0.2, 0.25) is 5.02 Å². The van der Waals surface area contributed by atoms with Gasteiger partial charge in [-0.1, -0.05) is 11.6 Å². The molecule has 2 aliphatic heterocycles. The maximum absolute atomic E-state index is 13.4. The molecular weight excluding hydrogens is 585 g/mol. The number of benzene rings is 1. The van der Waals surface area contributed by atoms with Crippen LogP contribution < -0.4 is 10.2 Å². The number of carbonyl (C=O) groups is 2. The Morgan fingerprint density at radius 3 is 2.30 bits per heavy atom. The highest BCUT2D eigenvalue weighted by atomic mass is 35.5. The lowest BCUT2D eigenvalue weighted by Crippen LogP contribution is -2.51. The Labute approximate surface area is 255 Å². The molecule has 1 N–H and O–H groups in total. The standard InChI is InChI=1S/C30H40ClF3N6O3/c1-28(2,3)43-27(42)39-15-13-37(14-16-39)19-21-7-11-38(12-8-21)23-18-35-40(20-23)29(9-4-10-29)26(41)36-25-6-5-22(17-24(25)31)30(32,33)34/h5-6,17-18,20-21H,4,7-16,19H2,1-3H3,(H,36,41). The third-order valence-electron chi connectivity index (χ3n) is 8.68. The minimum absolute atomic E-state index is 0.145. The third-order valence-corrected chi connectivity index (χ3v) is 8.99. The van der Waals surface area contributed by atoms with Gasteiger partial charge in [0.2, 0.25) is 0 Å². The van der Waals surface area contributed by atoms with Crippen molar-refractivity contribution in [1.82, 2.24) is 19.6 Å². The minimum Gasteiger partial charge on any atom is -0.444 e. The Bertz CT molecular complexity index is 1310. The number of halogens is 4. The van der Waals surface area contributed by atoms with Crippen molar-refractivity contribution in [3.8, 4) is 0 Å². The van der Waals surface area contributed by atoms with E-state index in [1.165, 1.54) is 6.07 Å². The van der Waals surface area contributed by atoms with Gasteiger partial charge in [-0.05, 0) is 77.0 Å². The highest BCUT2D eigenvalue weighted by Crippen LogP contribution is 2.42. The molecule has 43 heavy (non-hydrogen) atoms. The lowest BCUT2D eigenvalue weighted by Gasteiger charge is -2.40. The van der Waals surface area contributed by atoms with Gasteiger partial charge in [-0.25, -0.2) is 4.79 Å². The zero-order valence-corrected chi connectivity index (χ0v) is 25.7. The second kappa shape index (κ2) is 12.2. The van der Waals surface area contributed by atoms with Gasteiger partial charge < -0.3 is 19.9 Å². The number of piperazine rings is 1. The number of piperidine rings is 1. The summed E-state index contributed by atoms with van der Waals surface area (Å²) in [6.07, 6.45) is 3.03. The first-order valence-electron chi connectivity index (χ1n) is 14.9. The summed E-state index contributed by atoms with van der Waals surface area (Å²) in [5.41, 5.74) is -1.16. The zero-order chi connectivity index (χ0) is 31.0. The summed E-state index contributed by atoms with van der Waals surface area (Å²) in [5.74, 6) is 0.233. The van der Waals surface area contributed by atoms with E-state index < -0.39 is 22.9 Å². The first-order chi connectivity index (χ1) is 20.2. The molecule has 3 aliphatic rings. The van der Waals surface area contributed by atoms with E-state index in [1.807, 2.05) is 27.0 Å². The molecule has 3 fully saturated rings. The molecule has 2 aromatic rings. The summed E-state index contributed by atoms with van der Waals surface area (Å²) < 4.78 is 46.3. The molecular formula is C30H40ClF3N6O3. The van der Waals surface area contributed by atoms with Crippen molar-refractivity contribution in [2.24, 2.45) is 5.92 Å². The normalized spacial score (nSPS) is 20.1. The molecule has 0 unspecified atom stereocenters. The van der Waals surface area contributed by atoms with Crippen LogP contribution in [-0.4, -0.2) is 83.0 Å². The molecule has 3 heterocycles. The summed E-state index contributed by atoms with van der Waals surface area (Å²) in [7, 11) is 0. The SMILES string of the molecule is CC(C)(C)OC(=O)N1CCN(CC2CCN(c3cnn(C4(C(=O)Nc5ccc(C(F)(F)F)cc5Cl)CCC4)c3)CC2)CC1. The fraction of sp³-hybridized carbons (Fsp3) is 0.633. The van der Waals surface area contributed by atoms with Gasteiger partial charge in [0, 0.05) is 52.0 Å². The maximum Gasteiger partial charge on any atom is 0.416 e. The molecule has 236 valence electrons. The smallest absolute Gasteiger partial charge is 0.416 e. The van der Waals surface area contributed by atoms with Crippen LogP contribution in [0.5, 0.6) is 0 Å². The predicted octanol–water partition coefficient (Wildman–Crippen LogP) is 5.84. The van der Waals surface area contributed by atoms with Crippen LogP contribution in [0.3, 0.4) is 0 Å². The number of amides is 2. The Morgan fingerprint density at radius 2 is 1.74 bits per heavy atom. The van der Waals surface area contributed by atoms with E-state index in [-0.39, 0.29) is 22.7 Å². The van der Waals surface area contributed by atoms with Crippen LogP contribution in [0.4, 0.5) is 29.3 Å². The van der Waals surface area contributed by atoms with E-state index in [0.29, 0.717) is 31.8 Å². The lowest BCUT2D eigenvalue weighted by atomic mass is 9.76. The van der Waals surface area contributed by atoms with Crippen molar-refractivity contribution in [3.63, 3.8) is 0 Å². The zero-order valence-electron chi connectivity index (χ0n) is 24.9. The van der Waals surface area contributed by atoms with Gasteiger partial charge in [-0.3, -0.25) is 14.4 Å². The van der Waals surface area contributed by atoms with Crippen LogP contribution in [0.25, 0.3) is 0 Å². The molecule has 0 spiro atoms. The van der Waals surface area contributed by atoms with Gasteiger partial charge in [-0.15, -0.1) is 0 Å². The van der Waals surface area contributed by atoms with Crippen LogP contribution in [0.15, 0.2) is 30.6 Å². The number of alkyl halides is 3. The summed E-state index contributed by atoms with van der Waals surface area (Å²) in [4.78, 5) is 32.2. The summed E-state index contributed by atoms with van der Waals surface area (Å²) in [5, 5.41) is 7.13. The van der Waals surface area contributed by atoms with E-state index in [4.69, 9.17) is 16.3 Å². The minimum atomic E-state index is -4.51. The maximum atomic E-state index is 13.4. The summed E-state index contributed by atoms with van der Waals surface area (Å²) in [6.45, 7) is 11.4. The molecule has 1 aromatic carbocycles. The van der Waals surface area contributed by atoms with Crippen LogP contribution in [-0.2, 0) is 21.2 Å². The number of ether oxygens (including phenoxy) is 1. The molecule has 9 nitrogen and oxygen atoms in total. The molecule has 1 aromatic heterocycles. The van der Waals surface area contributed by atoms with Crippen molar-refractivity contribution in [3.05, 3.63) is 41.2 Å². The van der Waals surface area contributed by atoms with E-state index in [0.717, 1.165) is 69.8 Å². The topological polar surface area (TPSA) is 82.9 Å². The summed E-state index contributed by atoms with van der Waals surface area (Å²) >= 11 is 6.09. The van der Waals surface area contributed by atoms with Crippen molar-refractivity contribution >= 4 is 35.0 Å².